The Kier molecular flexibility index (Phi) is 6.79. The molecule has 2 aliphatic heterocycles. The van der Waals surface area contributed by atoms with Crippen LogP contribution in [-0.4, -0.2) is 54.3 Å². The number of aliphatic hydroxyl groups is 1. The first-order valence-corrected chi connectivity index (χ1v) is 12.2. The molecule has 2 aliphatic rings. The number of piperidine rings is 1. The topological polar surface area (TPSA) is 48.8 Å². The summed E-state index contributed by atoms with van der Waals surface area (Å²) in [6.45, 7) is 4.20. The van der Waals surface area contributed by atoms with Crippen LogP contribution in [0.1, 0.15) is 41.2 Å². The van der Waals surface area contributed by atoms with Crippen LogP contribution in [-0.2, 0) is 12.8 Å². The molecule has 1 fully saturated rings. The third kappa shape index (κ3) is 4.79. The van der Waals surface area contributed by atoms with Crippen molar-refractivity contribution < 1.29 is 14.2 Å². The molecule has 0 bridgehead atoms. The van der Waals surface area contributed by atoms with Crippen molar-refractivity contribution in [1.82, 2.24) is 9.88 Å². The molecule has 1 unspecified atom stereocenters. The number of aromatic nitrogens is 1. The van der Waals surface area contributed by atoms with Gasteiger partial charge in [-0.25, -0.2) is 9.37 Å². The van der Waals surface area contributed by atoms with Crippen molar-refractivity contribution in [2.45, 2.75) is 37.8 Å². The minimum absolute atomic E-state index is 0.175. The van der Waals surface area contributed by atoms with E-state index in [1.165, 1.54) is 16.8 Å². The number of halogens is 1. The molecule has 178 valence electrons. The number of nitrogens with zero attached hydrogens (tertiary/aromatic N) is 3. The first kappa shape index (κ1) is 22.8. The van der Waals surface area contributed by atoms with Crippen molar-refractivity contribution in [3.05, 3.63) is 88.9 Å². The second-order valence-corrected chi connectivity index (χ2v) is 9.29. The van der Waals surface area contributed by atoms with Crippen molar-refractivity contribution in [2.24, 2.45) is 0 Å². The summed E-state index contributed by atoms with van der Waals surface area (Å²) in [6, 6.07) is 17.4. The Morgan fingerprint density at radius 1 is 1.09 bits per heavy atom. The largest absolute Gasteiger partial charge is 0.481 e. The van der Waals surface area contributed by atoms with Gasteiger partial charge in [0, 0.05) is 49.7 Å². The van der Waals surface area contributed by atoms with E-state index >= 15 is 0 Å². The molecule has 0 aliphatic carbocycles. The molecule has 1 aromatic heterocycles. The fourth-order valence-corrected chi connectivity index (χ4v) is 5.32. The Balaban J connectivity index is 1.23. The smallest absolute Gasteiger partial charge is 0.219 e. The van der Waals surface area contributed by atoms with Crippen molar-refractivity contribution in [2.75, 3.05) is 38.2 Å². The highest BCUT2D eigenvalue weighted by Gasteiger charge is 2.30. The highest BCUT2D eigenvalue weighted by molar-refractivity contribution is 5.61. The lowest BCUT2D eigenvalue weighted by atomic mass is 9.98. The fraction of sp³-hybridized carbons (Fsp3) is 0.393. The van der Waals surface area contributed by atoms with Gasteiger partial charge in [-0.3, -0.25) is 0 Å². The maximum Gasteiger partial charge on any atom is 0.219 e. The maximum absolute atomic E-state index is 13.1. The monoisotopic (exact) mass is 461 g/mol. The van der Waals surface area contributed by atoms with Gasteiger partial charge in [-0.05, 0) is 72.7 Å². The minimum Gasteiger partial charge on any atom is -0.481 e. The van der Waals surface area contributed by atoms with E-state index < -0.39 is 6.10 Å². The van der Waals surface area contributed by atoms with Crippen LogP contribution in [0.25, 0.3) is 0 Å². The molecule has 0 saturated carbocycles. The summed E-state index contributed by atoms with van der Waals surface area (Å²) in [5.74, 6) is 0.283. The first-order chi connectivity index (χ1) is 16.6. The second kappa shape index (κ2) is 10.1. The number of benzene rings is 2. The average molecular weight is 462 g/mol. The molecule has 0 spiro atoms. The van der Waals surface area contributed by atoms with Crippen LogP contribution < -0.4 is 9.64 Å². The van der Waals surface area contributed by atoms with E-state index in [1.54, 1.807) is 25.4 Å². The van der Waals surface area contributed by atoms with Crippen LogP contribution in [0.5, 0.6) is 5.88 Å². The molecular formula is C28H32FN3O2. The lowest BCUT2D eigenvalue weighted by molar-refractivity contribution is 0.211. The van der Waals surface area contributed by atoms with Gasteiger partial charge in [0.25, 0.3) is 0 Å². The van der Waals surface area contributed by atoms with Crippen molar-refractivity contribution in [3.8, 4) is 5.88 Å². The van der Waals surface area contributed by atoms with Gasteiger partial charge in [-0.1, -0.05) is 24.3 Å². The predicted molar refractivity (Wildman–Crippen MR) is 132 cm³/mol. The SMILES string of the molecule is COc1ncccc1C(O)c1ccc2c(c1)N(C1CCN(CCc3ccc(F)cc3)CC1)CC2. The number of anilines is 1. The zero-order valence-corrected chi connectivity index (χ0v) is 19.7. The highest BCUT2D eigenvalue weighted by atomic mass is 19.1. The number of methoxy groups -OCH3 is 1. The maximum atomic E-state index is 13.1. The van der Waals surface area contributed by atoms with Gasteiger partial charge in [0.1, 0.15) is 11.9 Å². The molecule has 0 radical (unpaired) electrons. The van der Waals surface area contributed by atoms with Gasteiger partial charge in [0.05, 0.1) is 7.11 Å². The molecule has 1 N–H and O–H groups in total. The van der Waals surface area contributed by atoms with Crippen LogP contribution in [0.4, 0.5) is 10.1 Å². The molecule has 2 aromatic carbocycles. The average Bonchev–Trinajstić information content (AvgIpc) is 3.31. The molecule has 5 rings (SSSR count). The van der Waals surface area contributed by atoms with E-state index in [1.807, 2.05) is 30.3 Å². The van der Waals surface area contributed by atoms with E-state index in [-0.39, 0.29) is 5.82 Å². The van der Waals surface area contributed by atoms with Gasteiger partial charge in [0.2, 0.25) is 5.88 Å². The minimum atomic E-state index is -0.773. The molecule has 6 heteroatoms. The number of hydrogen-bond acceptors (Lipinski definition) is 5. The standard InChI is InChI=1S/C28H32FN3O2/c1-34-28-25(3-2-14-30-28)27(33)22-7-6-21-11-18-32(26(21)19-22)24-12-16-31(17-13-24)15-10-20-4-8-23(29)9-5-20/h2-9,14,19,24,27,33H,10-13,15-18H2,1H3. The predicted octanol–water partition coefficient (Wildman–Crippen LogP) is 4.38. The molecule has 3 aromatic rings. The van der Waals surface area contributed by atoms with E-state index in [4.69, 9.17) is 4.74 Å². The molecular weight excluding hydrogens is 429 g/mol. The van der Waals surface area contributed by atoms with Crippen LogP contribution in [0, 0.1) is 5.82 Å². The number of likely N-dealkylation sites (tertiary alicyclic amines) is 1. The number of hydrogen-bond donors (Lipinski definition) is 1. The zero-order valence-electron chi connectivity index (χ0n) is 19.7. The lowest BCUT2D eigenvalue weighted by Crippen LogP contribution is -2.45. The molecule has 1 saturated heterocycles. The number of rotatable bonds is 7. The summed E-state index contributed by atoms with van der Waals surface area (Å²) in [4.78, 5) is 9.30. The van der Waals surface area contributed by atoms with Crippen LogP contribution in [0.15, 0.2) is 60.8 Å². The highest BCUT2D eigenvalue weighted by Crippen LogP contribution is 2.37. The Morgan fingerprint density at radius 3 is 2.65 bits per heavy atom. The number of fused-ring (bicyclic) bond motifs is 1. The summed E-state index contributed by atoms with van der Waals surface area (Å²) >= 11 is 0. The summed E-state index contributed by atoms with van der Waals surface area (Å²) in [6.07, 6.45) is 5.16. The van der Waals surface area contributed by atoms with Crippen molar-refractivity contribution >= 4 is 5.69 Å². The van der Waals surface area contributed by atoms with Gasteiger partial charge >= 0.3 is 0 Å². The van der Waals surface area contributed by atoms with Gasteiger partial charge < -0.3 is 19.6 Å². The molecule has 34 heavy (non-hydrogen) atoms. The van der Waals surface area contributed by atoms with E-state index in [0.717, 1.165) is 57.4 Å². The first-order valence-electron chi connectivity index (χ1n) is 12.2. The van der Waals surface area contributed by atoms with E-state index in [0.29, 0.717) is 17.5 Å². The fourth-order valence-electron chi connectivity index (χ4n) is 5.32. The molecule has 5 nitrogen and oxygen atoms in total. The van der Waals surface area contributed by atoms with Crippen molar-refractivity contribution in [1.29, 1.82) is 0 Å². The summed E-state index contributed by atoms with van der Waals surface area (Å²) < 4.78 is 18.5. The lowest BCUT2D eigenvalue weighted by Gasteiger charge is -2.38. The quantitative estimate of drug-likeness (QED) is 0.566. The van der Waals surface area contributed by atoms with Crippen molar-refractivity contribution in [3.63, 3.8) is 0 Å². The summed E-state index contributed by atoms with van der Waals surface area (Å²) in [5, 5.41) is 11.1. The van der Waals surface area contributed by atoms with Gasteiger partial charge in [-0.2, -0.15) is 0 Å². The molecule has 1 atom stereocenters. The third-order valence-electron chi connectivity index (χ3n) is 7.27. The second-order valence-electron chi connectivity index (χ2n) is 9.29. The van der Waals surface area contributed by atoms with Crippen LogP contribution >= 0.6 is 0 Å². The molecule has 0 amide bonds. The Hall–Kier alpha value is -2.96. The number of ether oxygens (including phenoxy) is 1. The van der Waals surface area contributed by atoms with Gasteiger partial charge in [-0.15, -0.1) is 0 Å². The zero-order chi connectivity index (χ0) is 23.5. The number of pyridine rings is 1. The third-order valence-corrected chi connectivity index (χ3v) is 7.27. The Bertz CT molecular complexity index is 1110. The molecule has 3 heterocycles. The summed E-state index contributed by atoms with van der Waals surface area (Å²) in [7, 11) is 1.58. The van der Waals surface area contributed by atoms with Crippen LogP contribution in [0.2, 0.25) is 0 Å². The van der Waals surface area contributed by atoms with Crippen LogP contribution in [0.3, 0.4) is 0 Å². The number of aliphatic hydroxyl groups excluding tert-OH is 1. The normalized spacial score (nSPS) is 17.6. The Labute approximate surface area is 200 Å². The van der Waals surface area contributed by atoms with E-state index in [9.17, 15) is 9.50 Å². The summed E-state index contributed by atoms with van der Waals surface area (Å²) in [5.41, 5.74) is 5.35. The van der Waals surface area contributed by atoms with Gasteiger partial charge in [0.15, 0.2) is 0 Å². The van der Waals surface area contributed by atoms with E-state index in [2.05, 4.69) is 26.9 Å². The Morgan fingerprint density at radius 2 is 1.88 bits per heavy atom.